The standard InChI is InChI=1S/C50H56O6Si/c1-50(2,3)57(44-30-18-8-19-31-44,45-32-20-9-21-33-45)56-39-47(53-35-41-24-12-5-13-25-41)49(55-37-43-28-16-7-17-29-43)48(54-36-42-26-14-6-15-27-42)46(51)38-52-34-40-22-10-4-11-23-40/h4-33,46-49,51H,34-39H2,1-3H3/t46-,47+,48-,49-/m1/s1. The Kier molecular flexibility index (Phi) is 15.6. The minimum absolute atomic E-state index is 0.0283. The molecule has 0 aliphatic carbocycles. The van der Waals surface area contributed by atoms with Crippen LogP contribution in [0.25, 0.3) is 0 Å². The van der Waals surface area contributed by atoms with E-state index in [9.17, 15) is 5.11 Å². The first-order valence-electron chi connectivity index (χ1n) is 19.8. The molecule has 0 amide bonds. The van der Waals surface area contributed by atoms with Gasteiger partial charge < -0.3 is 28.5 Å². The van der Waals surface area contributed by atoms with Crippen LogP contribution in [0.1, 0.15) is 43.0 Å². The van der Waals surface area contributed by atoms with Crippen molar-refractivity contribution in [2.24, 2.45) is 0 Å². The molecular weight excluding hydrogens is 725 g/mol. The van der Waals surface area contributed by atoms with Crippen LogP contribution in [0, 0.1) is 0 Å². The monoisotopic (exact) mass is 780 g/mol. The fourth-order valence-electron chi connectivity index (χ4n) is 7.32. The number of aliphatic hydroxyl groups is 1. The lowest BCUT2D eigenvalue weighted by molar-refractivity contribution is -0.192. The molecule has 6 aromatic carbocycles. The van der Waals surface area contributed by atoms with Gasteiger partial charge in [-0.05, 0) is 37.7 Å². The van der Waals surface area contributed by atoms with E-state index in [1.165, 1.54) is 10.4 Å². The summed E-state index contributed by atoms with van der Waals surface area (Å²) in [6, 6.07) is 61.3. The van der Waals surface area contributed by atoms with Crippen molar-refractivity contribution in [2.45, 2.75) is 76.7 Å². The molecule has 4 atom stereocenters. The molecule has 0 saturated carbocycles. The second-order valence-electron chi connectivity index (χ2n) is 15.4. The summed E-state index contributed by atoms with van der Waals surface area (Å²) in [4.78, 5) is 0. The van der Waals surface area contributed by atoms with Crippen LogP contribution in [0.4, 0.5) is 0 Å². The van der Waals surface area contributed by atoms with Gasteiger partial charge in [0.15, 0.2) is 0 Å². The van der Waals surface area contributed by atoms with Crippen molar-refractivity contribution in [1.82, 2.24) is 0 Å². The van der Waals surface area contributed by atoms with Crippen molar-refractivity contribution in [3.8, 4) is 0 Å². The number of aliphatic hydroxyl groups excluding tert-OH is 1. The van der Waals surface area contributed by atoms with Gasteiger partial charge in [0.1, 0.15) is 24.4 Å². The van der Waals surface area contributed by atoms with E-state index in [0.717, 1.165) is 22.3 Å². The van der Waals surface area contributed by atoms with Gasteiger partial charge in [-0.25, -0.2) is 0 Å². The first-order valence-corrected chi connectivity index (χ1v) is 21.8. The Morgan fingerprint density at radius 3 is 1.19 bits per heavy atom. The summed E-state index contributed by atoms with van der Waals surface area (Å²) in [7, 11) is -3.01. The van der Waals surface area contributed by atoms with Crippen LogP contribution in [0.2, 0.25) is 5.04 Å². The van der Waals surface area contributed by atoms with Crippen molar-refractivity contribution in [1.29, 1.82) is 0 Å². The zero-order valence-electron chi connectivity index (χ0n) is 33.4. The molecular formula is C50H56O6Si. The summed E-state index contributed by atoms with van der Waals surface area (Å²) < 4.78 is 34.4. The van der Waals surface area contributed by atoms with Gasteiger partial charge in [0.25, 0.3) is 8.32 Å². The zero-order chi connectivity index (χ0) is 39.8. The van der Waals surface area contributed by atoms with Gasteiger partial charge in [0, 0.05) is 0 Å². The molecule has 0 radical (unpaired) electrons. The fourth-order valence-corrected chi connectivity index (χ4v) is 11.9. The lowest BCUT2D eigenvalue weighted by Crippen LogP contribution is -2.67. The Balaban J connectivity index is 1.40. The maximum absolute atomic E-state index is 12.2. The van der Waals surface area contributed by atoms with Gasteiger partial charge in [0.05, 0.1) is 39.6 Å². The van der Waals surface area contributed by atoms with E-state index in [-0.39, 0.29) is 31.5 Å². The molecule has 0 aliphatic rings. The van der Waals surface area contributed by atoms with Crippen LogP contribution in [0.5, 0.6) is 0 Å². The molecule has 6 nitrogen and oxygen atoms in total. The Hall–Kier alpha value is -4.70. The smallest absolute Gasteiger partial charge is 0.261 e. The van der Waals surface area contributed by atoms with E-state index in [1.807, 2.05) is 121 Å². The summed E-state index contributed by atoms with van der Waals surface area (Å²) in [5.74, 6) is 0. The van der Waals surface area contributed by atoms with E-state index in [0.29, 0.717) is 13.2 Å². The molecule has 57 heavy (non-hydrogen) atoms. The van der Waals surface area contributed by atoms with Crippen LogP contribution < -0.4 is 10.4 Å². The highest BCUT2D eigenvalue weighted by Crippen LogP contribution is 2.37. The van der Waals surface area contributed by atoms with Crippen molar-refractivity contribution >= 4 is 18.7 Å². The summed E-state index contributed by atoms with van der Waals surface area (Å²) >= 11 is 0. The van der Waals surface area contributed by atoms with E-state index in [2.05, 4.69) is 81.4 Å². The molecule has 0 saturated heterocycles. The highest BCUT2D eigenvalue weighted by Gasteiger charge is 2.51. The Labute approximate surface area is 340 Å². The SMILES string of the molecule is CC(C)(C)[Si](OC[C@H](OCc1ccccc1)[C@@H](OCc1ccccc1)[C@H](OCc1ccccc1)[C@H](O)COCc1ccccc1)(c1ccccc1)c1ccccc1. The third-order valence-corrected chi connectivity index (χ3v) is 15.2. The summed E-state index contributed by atoms with van der Waals surface area (Å²) in [6.07, 6.45) is -3.35. The van der Waals surface area contributed by atoms with Gasteiger partial charge in [-0.2, -0.15) is 0 Å². The molecule has 0 heterocycles. The van der Waals surface area contributed by atoms with Crippen molar-refractivity contribution in [3.63, 3.8) is 0 Å². The highest BCUT2D eigenvalue weighted by molar-refractivity contribution is 6.99. The van der Waals surface area contributed by atoms with Crippen LogP contribution in [0.15, 0.2) is 182 Å². The minimum Gasteiger partial charge on any atom is -0.405 e. The lowest BCUT2D eigenvalue weighted by atomic mass is 10.0. The second-order valence-corrected chi connectivity index (χ2v) is 19.7. The molecule has 1 N–H and O–H groups in total. The van der Waals surface area contributed by atoms with Crippen LogP contribution in [-0.4, -0.2) is 51.1 Å². The maximum atomic E-state index is 12.2. The number of hydrogen-bond acceptors (Lipinski definition) is 6. The molecule has 0 fully saturated rings. The normalized spacial score (nSPS) is 14.1. The molecule has 0 bridgehead atoms. The van der Waals surface area contributed by atoms with E-state index in [1.54, 1.807) is 0 Å². The molecule has 6 aromatic rings. The average Bonchev–Trinajstić information content (AvgIpc) is 3.25. The van der Waals surface area contributed by atoms with Gasteiger partial charge in [-0.1, -0.05) is 203 Å². The van der Waals surface area contributed by atoms with Crippen LogP contribution in [0.3, 0.4) is 0 Å². The number of ether oxygens (including phenoxy) is 4. The van der Waals surface area contributed by atoms with E-state index in [4.69, 9.17) is 23.4 Å². The third kappa shape index (κ3) is 11.7. The zero-order valence-corrected chi connectivity index (χ0v) is 34.4. The largest absolute Gasteiger partial charge is 0.405 e. The first-order chi connectivity index (χ1) is 27.8. The summed E-state index contributed by atoms with van der Waals surface area (Å²) in [5.41, 5.74) is 4.01. The van der Waals surface area contributed by atoms with Crippen LogP contribution >= 0.6 is 0 Å². The lowest BCUT2D eigenvalue weighted by Gasteiger charge is -2.44. The Morgan fingerprint density at radius 1 is 0.439 bits per heavy atom. The molecule has 7 heteroatoms. The average molecular weight is 781 g/mol. The van der Waals surface area contributed by atoms with Gasteiger partial charge in [-0.15, -0.1) is 0 Å². The molecule has 0 aliphatic heterocycles. The predicted molar refractivity (Wildman–Crippen MR) is 231 cm³/mol. The van der Waals surface area contributed by atoms with E-state index < -0.39 is 32.7 Å². The van der Waals surface area contributed by atoms with Crippen molar-refractivity contribution < 1.29 is 28.5 Å². The van der Waals surface area contributed by atoms with Gasteiger partial charge in [-0.3, -0.25) is 0 Å². The number of hydrogen-bond donors (Lipinski definition) is 1. The Bertz CT molecular complexity index is 1940. The second kappa shape index (κ2) is 21.2. The molecule has 0 unspecified atom stereocenters. The summed E-state index contributed by atoms with van der Waals surface area (Å²) in [5, 5.41) is 14.2. The molecule has 0 spiro atoms. The minimum atomic E-state index is -3.01. The fraction of sp³-hybridized carbons (Fsp3) is 0.280. The maximum Gasteiger partial charge on any atom is 0.261 e. The van der Waals surface area contributed by atoms with Crippen LogP contribution in [-0.2, 0) is 49.8 Å². The highest BCUT2D eigenvalue weighted by atomic mass is 28.4. The van der Waals surface area contributed by atoms with Crippen molar-refractivity contribution in [3.05, 3.63) is 204 Å². The van der Waals surface area contributed by atoms with Crippen molar-refractivity contribution in [2.75, 3.05) is 13.2 Å². The Morgan fingerprint density at radius 2 is 0.789 bits per heavy atom. The van der Waals surface area contributed by atoms with Gasteiger partial charge >= 0.3 is 0 Å². The van der Waals surface area contributed by atoms with E-state index >= 15 is 0 Å². The number of benzene rings is 6. The third-order valence-electron chi connectivity index (χ3n) is 10.2. The first kappa shape index (κ1) is 41.9. The number of rotatable bonds is 21. The molecule has 6 rings (SSSR count). The molecule has 296 valence electrons. The van der Waals surface area contributed by atoms with Gasteiger partial charge in [0.2, 0.25) is 0 Å². The quantitative estimate of drug-likeness (QED) is 0.0737. The predicted octanol–water partition coefficient (Wildman–Crippen LogP) is 8.90. The molecule has 0 aromatic heterocycles. The topological polar surface area (TPSA) is 66.4 Å². The summed E-state index contributed by atoms with van der Waals surface area (Å²) in [6.45, 7) is 8.21.